The van der Waals surface area contributed by atoms with Crippen LogP contribution in [0.15, 0.2) is 0 Å². The summed E-state index contributed by atoms with van der Waals surface area (Å²) in [7, 11) is -9.21. The predicted molar refractivity (Wildman–Crippen MR) is 177 cm³/mol. The van der Waals surface area contributed by atoms with E-state index >= 15 is 43.9 Å². The molecule has 57 heteroatoms. The van der Waals surface area contributed by atoms with E-state index in [9.17, 15) is 202 Å². The van der Waals surface area contributed by atoms with Crippen LogP contribution in [0, 0.1) is 0 Å². The molecule has 0 aromatic rings. The Kier molecular flexibility index (Phi) is 21.8. The second kappa shape index (κ2) is 22.7. The molecule has 0 aliphatic rings. The molecule has 0 rings (SSSR count). The van der Waals surface area contributed by atoms with Gasteiger partial charge in [0.1, 0.15) is 0 Å². The van der Waals surface area contributed by atoms with E-state index in [4.69, 9.17) is 0 Å². The average Bonchev–Trinajstić information content (AvgIpc) is 0.723. The summed E-state index contributed by atoms with van der Waals surface area (Å²) in [6.45, 7) is 0. The summed E-state index contributed by atoms with van der Waals surface area (Å²) < 4.78 is 784. The van der Waals surface area contributed by atoms with Crippen LogP contribution in [0.25, 0.3) is 0 Å². The third kappa shape index (κ3) is 12.4. The average molecular weight is 1520 g/mol. The maximum absolute atomic E-state index is 15.8. The van der Waals surface area contributed by atoms with Crippen molar-refractivity contribution in [2.75, 3.05) is 0 Å². The van der Waals surface area contributed by atoms with Crippen molar-refractivity contribution in [3.05, 3.63) is 0 Å². The normalized spacial score (nSPS) is 18.2. The molecule has 91 heavy (non-hydrogen) atoms. The van der Waals surface area contributed by atoms with Crippen molar-refractivity contribution >= 4 is 8.07 Å². The molecular formula is C34H16F56Si. The van der Waals surface area contributed by atoms with Gasteiger partial charge in [0.25, 0.3) is 11.3 Å². The fourth-order valence-electron chi connectivity index (χ4n) is 6.98. The molecule has 0 spiro atoms. The Labute approximate surface area is 459 Å². The van der Waals surface area contributed by atoms with Crippen LogP contribution in [-0.2, 0) is 0 Å². The smallest absolute Gasteiger partial charge is 0.227 e. The van der Waals surface area contributed by atoms with Crippen molar-refractivity contribution < 1.29 is 246 Å². The van der Waals surface area contributed by atoms with Gasteiger partial charge in [-0.05, 0) is 12.8 Å². The van der Waals surface area contributed by atoms with E-state index in [-0.39, 0.29) is 0 Å². The van der Waals surface area contributed by atoms with Gasteiger partial charge in [-0.1, -0.05) is 24.2 Å². The first-order chi connectivity index (χ1) is 38.3. The molecule has 2 atom stereocenters. The van der Waals surface area contributed by atoms with E-state index in [1.807, 2.05) is 0 Å². The first kappa shape index (κ1) is 87.3. The minimum Gasteiger partial charge on any atom is -0.227 e. The Bertz CT molecular complexity index is 2310. The van der Waals surface area contributed by atoms with Crippen molar-refractivity contribution in [2.45, 2.75) is 205 Å². The second-order valence-corrected chi connectivity index (χ2v) is 23.7. The number of halogens is 56. The molecule has 0 amide bonds. The highest BCUT2D eigenvalue weighted by Gasteiger charge is 2.96. The van der Waals surface area contributed by atoms with Crippen molar-refractivity contribution in [1.29, 1.82) is 0 Å². The highest BCUT2D eigenvalue weighted by atomic mass is 28.3. The summed E-state index contributed by atoms with van der Waals surface area (Å²) in [5.74, 6) is -170. The molecule has 0 aliphatic carbocycles. The minimum absolute atomic E-state index is 4.80. The van der Waals surface area contributed by atoms with Crippen LogP contribution in [0.4, 0.5) is 246 Å². The summed E-state index contributed by atoms with van der Waals surface area (Å²) >= 11 is 0. The molecule has 0 N–H and O–H groups in total. The quantitative estimate of drug-likeness (QED) is 0.0541. The second-order valence-electron chi connectivity index (χ2n) is 18.7. The Balaban J connectivity index is 10.1. The van der Waals surface area contributed by atoms with Crippen LogP contribution in [0.2, 0.25) is 24.2 Å². The fourth-order valence-corrected chi connectivity index (χ4v) is 11.9. The zero-order valence-corrected chi connectivity index (χ0v) is 41.3. The highest BCUT2D eigenvalue weighted by molar-refractivity contribution is 6.80. The van der Waals surface area contributed by atoms with E-state index in [1.165, 1.54) is 0 Å². The zero-order chi connectivity index (χ0) is 75.2. The lowest BCUT2D eigenvalue weighted by Gasteiger charge is -2.46. The molecule has 0 aromatic heterocycles. The molecule has 0 nitrogen and oxygen atoms in total. The summed E-state index contributed by atoms with van der Waals surface area (Å²) in [5.41, 5.74) is -18.2. The van der Waals surface area contributed by atoms with Crippen LogP contribution < -0.4 is 0 Å². The van der Waals surface area contributed by atoms with E-state index in [2.05, 4.69) is 0 Å². The summed E-state index contributed by atoms with van der Waals surface area (Å²) in [6.07, 6.45) is -74.6. The standard InChI is InChI=1S/C34H16F56Si/c35-9(29(73,74)75,13(41,42)17(49,50)21(57,58)25(65,66)31(79,80)81)1-5-91(7-3-11(37,38)15(45,46)19(53,54)23(61,62)27(69,70)33(85,86)87,8-4-12(39,40)16(47,48)20(55,56)24(63,64)28(71,72)34(88,89)90)6-2-10(36,30(76,77)78)14(43,44)18(51,52)22(59,60)26(67,68)32(82,83)84/h1-8H2. The zero-order valence-electron chi connectivity index (χ0n) is 40.3. The lowest BCUT2D eigenvalue weighted by Crippen LogP contribution is -2.73. The van der Waals surface area contributed by atoms with Gasteiger partial charge >= 0.3 is 144 Å². The van der Waals surface area contributed by atoms with Gasteiger partial charge in [0.2, 0.25) is 0 Å². The van der Waals surface area contributed by atoms with E-state index < -0.39 is 213 Å². The van der Waals surface area contributed by atoms with Crippen LogP contribution in [0.1, 0.15) is 25.7 Å². The highest BCUT2D eigenvalue weighted by Crippen LogP contribution is 2.69. The lowest BCUT2D eigenvalue weighted by atomic mass is 9.84. The van der Waals surface area contributed by atoms with Gasteiger partial charge in [0.05, 0.1) is 8.07 Å². The first-order valence-electron chi connectivity index (χ1n) is 20.9. The molecule has 0 fully saturated rings. The number of hydrogen-bond acceptors (Lipinski definition) is 0. The molecule has 548 valence electrons. The largest absolute Gasteiger partial charge is 0.460 e. The minimum atomic E-state index is -9.88. The molecule has 0 aromatic carbocycles. The Morgan fingerprint density at radius 1 is 0.132 bits per heavy atom. The molecule has 0 radical (unpaired) electrons. The van der Waals surface area contributed by atoms with Gasteiger partial charge in [0, 0.05) is 12.8 Å². The van der Waals surface area contributed by atoms with Gasteiger partial charge in [-0.2, -0.15) is 237 Å². The van der Waals surface area contributed by atoms with E-state index in [0.717, 1.165) is 0 Å². The molecule has 2 unspecified atom stereocenters. The molecule has 0 aliphatic heterocycles. The van der Waals surface area contributed by atoms with Gasteiger partial charge in [-0.25, -0.2) is 8.78 Å². The van der Waals surface area contributed by atoms with Crippen LogP contribution in [0.3, 0.4) is 0 Å². The third-order valence-corrected chi connectivity index (χ3v) is 18.1. The molecule has 0 bridgehead atoms. The molecule has 0 saturated carbocycles. The number of alkyl halides is 56. The first-order valence-corrected chi connectivity index (χ1v) is 23.7. The van der Waals surface area contributed by atoms with Gasteiger partial charge in [-0.15, -0.1) is 0 Å². The summed E-state index contributed by atoms with van der Waals surface area (Å²) in [4.78, 5) is 0. The topological polar surface area (TPSA) is 0 Å². The fraction of sp³-hybridized carbons (Fsp3) is 1.00. The van der Waals surface area contributed by atoms with Gasteiger partial charge < -0.3 is 0 Å². The molecular weight excluding hydrogens is 1500 g/mol. The van der Waals surface area contributed by atoms with Crippen LogP contribution in [-0.4, -0.2) is 163 Å². The summed E-state index contributed by atoms with van der Waals surface area (Å²) in [6, 6.07) is -19.5. The Morgan fingerprint density at radius 3 is 0.407 bits per heavy atom. The van der Waals surface area contributed by atoms with Gasteiger partial charge in [-0.3, -0.25) is 0 Å². The van der Waals surface area contributed by atoms with Gasteiger partial charge in [0.15, 0.2) is 0 Å². The van der Waals surface area contributed by atoms with Crippen molar-refractivity contribution in [3.8, 4) is 0 Å². The maximum Gasteiger partial charge on any atom is 0.460 e. The van der Waals surface area contributed by atoms with Crippen molar-refractivity contribution in [3.63, 3.8) is 0 Å². The third-order valence-electron chi connectivity index (χ3n) is 12.9. The number of hydrogen-bond donors (Lipinski definition) is 0. The molecule has 0 saturated heterocycles. The lowest BCUT2D eigenvalue weighted by molar-refractivity contribution is -0.446. The summed E-state index contributed by atoms with van der Waals surface area (Å²) in [5, 5.41) is 0. The maximum atomic E-state index is 15.8. The SMILES string of the molecule is FC(F)(F)C(F)(F)C(F)(F)C(F)(F)C(F)(F)C(F)(F)CC[Si](CCC(F)(F)C(F)(F)C(F)(F)C(F)(F)C(F)(F)C(F)(F)F)(CCC(F)(C(F)(F)F)C(F)(F)C(F)(F)C(F)(F)C(F)(F)C(F)(F)F)CCC(F)(C(F)(F)F)C(F)(F)C(F)(F)C(F)(F)C(F)(F)C(F)(F)F. The van der Waals surface area contributed by atoms with Crippen LogP contribution in [0.5, 0.6) is 0 Å². The van der Waals surface area contributed by atoms with Crippen molar-refractivity contribution in [2.24, 2.45) is 0 Å². The van der Waals surface area contributed by atoms with E-state index in [1.54, 1.807) is 0 Å². The number of rotatable bonds is 28. The van der Waals surface area contributed by atoms with Crippen molar-refractivity contribution in [1.82, 2.24) is 0 Å². The predicted octanol–water partition coefficient (Wildman–Crippen LogP) is 21.2. The van der Waals surface area contributed by atoms with Crippen LogP contribution >= 0.6 is 0 Å². The van der Waals surface area contributed by atoms with E-state index in [0.29, 0.717) is 0 Å². The monoisotopic (exact) mass is 1520 g/mol. The molecule has 0 heterocycles. The Hall–Kier alpha value is -3.70. The Morgan fingerprint density at radius 2 is 0.264 bits per heavy atom.